The van der Waals surface area contributed by atoms with Crippen LogP contribution < -0.4 is 9.62 Å². The molecule has 0 radical (unpaired) electrons. The van der Waals surface area contributed by atoms with Crippen LogP contribution in [0, 0.1) is 0 Å². The molecule has 0 saturated carbocycles. The van der Waals surface area contributed by atoms with E-state index in [-0.39, 0.29) is 5.75 Å². The van der Waals surface area contributed by atoms with Crippen molar-refractivity contribution in [1.82, 2.24) is 9.88 Å². The van der Waals surface area contributed by atoms with Crippen molar-refractivity contribution in [3.63, 3.8) is 0 Å². The molecule has 1 saturated heterocycles. The van der Waals surface area contributed by atoms with Gasteiger partial charge in [0, 0.05) is 43.5 Å². The Morgan fingerprint density at radius 3 is 2.46 bits per heavy atom. The number of aromatic nitrogens is 1. The van der Waals surface area contributed by atoms with Gasteiger partial charge < -0.3 is 9.80 Å². The molecule has 1 fully saturated rings. The van der Waals surface area contributed by atoms with E-state index in [1.165, 1.54) is 0 Å². The molecule has 1 aromatic carbocycles. The van der Waals surface area contributed by atoms with E-state index in [1.807, 2.05) is 0 Å². The summed E-state index contributed by atoms with van der Waals surface area (Å²) in [5, 5.41) is 0.584. The number of benzene rings is 1. The number of hydrogen-bond donors (Lipinski definition) is 1. The second kappa shape index (κ2) is 8.24. The van der Waals surface area contributed by atoms with Crippen LogP contribution in [0.25, 0.3) is 0 Å². The van der Waals surface area contributed by atoms with Crippen molar-refractivity contribution in [3.05, 3.63) is 53.2 Å². The van der Waals surface area contributed by atoms with E-state index in [4.69, 9.17) is 11.6 Å². The second-order valence-corrected chi connectivity index (χ2v) is 8.47. The Bertz CT molecular complexity index is 835. The van der Waals surface area contributed by atoms with Crippen molar-refractivity contribution in [2.45, 2.75) is 12.7 Å². The highest BCUT2D eigenvalue weighted by atomic mass is 35.5. The lowest BCUT2D eigenvalue weighted by molar-refractivity contribution is 0.270. The van der Waals surface area contributed by atoms with Crippen LogP contribution in [0.15, 0.2) is 42.6 Å². The molecule has 140 valence electrons. The van der Waals surface area contributed by atoms with Crippen LogP contribution in [0.2, 0.25) is 5.02 Å². The van der Waals surface area contributed by atoms with Crippen LogP contribution in [0.5, 0.6) is 0 Å². The van der Waals surface area contributed by atoms with Gasteiger partial charge in [-0.3, -0.25) is 4.72 Å². The van der Waals surface area contributed by atoms with Gasteiger partial charge in [0.2, 0.25) is 10.0 Å². The zero-order valence-corrected chi connectivity index (χ0v) is 16.3. The van der Waals surface area contributed by atoms with Gasteiger partial charge in [-0.1, -0.05) is 30.7 Å². The third-order valence-corrected chi connectivity index (χ3v) is 5.94. The van der Waals surface area contributed by atoms with Gasteiger partial charge in [0.25, 0.3) is 0 Å². The quantitative estimate of drug-likeness (QED) is 0.816. The Morgan fingerprint density at radius 1 is 1.12 bits per heavy atom. The molecular formula is C18H23ClN4O2S. The first kappa shape index (κ1) is 18.9. The fraction of sp³-hybridized carbons (Fsp3) is 0.389. The number of halogens is 1. The van der Waals surface area contributed by atoms with Gasteiger partial charge in [-0.15, -0.1) is 0 Å². The van der Waals surface area contributed by atoms with Gasteiger partial charge in [0.05, 0.1) is 11.4 Å². The highest BCUT2D eigenvalue weighted by Gasteiger charge is 2.18. The number of nitrogens with one attached hydrogen (secondary N) is 1. The molecule has 2 aromatic rings. The Balaban J connectivity index is 1.67. The lowest BCUT2D eigenvalue weighted by Gasteiger charge is -2.34. The number of pyridine rings is 1. The van der Waals surface area contributed by atoms with E-state index < -0.39 is 10.0 Å². The zero-order valence-electron chi connectivity index (χ0n) is 14.7. The maximum Gasteiger partial charge on any atom is 0.236 e. The molecule has 1 aliphatic heterocycles. The number of sulfonamides is 1. The van der Waals surface area contributed by atoms with E-state index in [0.29, 0.717) is 16.3 Å². The predicted molar refractivity (Wildman–Crippen MR) is 106 cm³/mol. The normalized spacial score (nSPS) is 15.8. The lowest BCUT2D eigenvalue weighted by atomic mass is 10.2. The fourth-order valence-electron chi connectivity index (χ4n) is 2.96. The average Bonchev–Trinajstić information content (AvgIpc) is 2.63. The Morgan fingerprint density at radius 2 is 1.81 bits per heavy atom. The molecule has 0 amide bonds. The molecule has 1 aliphatic rings. The number of anilines is 2. The summed E-state index contributed by atoms with van der Waals surface area (Å²) < 4.78 is 27.5. The van der Waals surface area contributed by atoms with Gasteiger partial charge in [0.1, 0.15) is 5.82 Å². The summed E-state index contributed by atoms with van der Waals surface area (Å²) in [5.41, 5.74) is 1.22. The summed E-state index contributed by atoms with van der Waals surface area (Å²) in [7, 11) is -3.51. The van der Waals surface area contributed by atoms with Crippen molar-refractivity contribution in [1.29, 1.82) is 0 Å². The van der Waals surface area contributed by atoms with Crippen molar-refractivity contribution >= 4 is 33.1 Å². The molecule has 0 unspecified atom stereocenters. The molecule has 2 heterocycles. The van der Waals surface area contributed by atoms with Gasteiger partial charge in [-0.05, 0) is 30.3 Å². The molecular weight excluding hydrogens is 372 g/mol. The Labute approximate surface area is 159 Å². The highest BCUT2D eigenvalue weighted by Crippen LogP contribution is 2.20. The topological polar surface area (TPSA) is 65.5 Å². The minimum Gasteiger partial charge on any atom is -0.354 e. The minimum absolute atomic E-state index is 0.100. The van der Waals surface area contributed by atoms with Gasteiger partial charge in [-0.25, -0.2) is 13.4 Å². The van der Waals surface area contributed by atoms with E-state index in [0.717, 1.165) is 38.5 Å². The first-order chi connectivity index (χ1) is 12.4. The summed E-state index contributed by atoms with van der Waals surface area (Å²) in [6.45, 7) is 6.97. The Hall–Kier alpha value is -1.83. The van der Waals surface area contributed by atoms with Crippen molar-refractivity contribution in [2.75, 3.05) is 42.3 Å². The van der Waals surface area contributed by atoms with Crippen molar-refractivity contribution < 1.29 is 8.42 Å². The molecule has 3 rings (SSSR count). The molecule has 0 spiro atoms. The standard InChI is InChI=1S/C18H23ClN4O2S/c1-2-22-9-11-23(12-10-22)18-13-17(7-8-20-18)21-26(24,25)14-15-3-5-16(19)6-4-15/h3-8,13H,2,9-12,14H2,1H3,(H,20,21). The lowest BCUT2D eigenvalue weighted by Crippen LogP contribution is -2.46. The van der Waals surface area contributed by atoms with Gasteiger partial charge in [-0.2, -0.15) is 0 Å². The number of nitrogens with zero attached hydrogens (tertiary/aromatic N) is 3. The fourth-order valence-corrected chi connectivity index (χ4v) is 4.28. The van der Waals surface area contributed by atoms with Crippen LogP contribution in [0.4, 0.5) is 11.5 Å². The third kappa shape index (κ3) is 5.09. The molecule has 1 N–H and O–H groups in total. The molecule has 8 heteroatoms. The minimum atomic E-state index is -3.51. The number of piperazine rings is 1. The average molecular weight is 395 g/mol. The van der Waals surface area contributed by atoms with Crippen LogP contribution in [0.1, 0.15) is 12.5 Å². The first-order valence-corrected chi connectivity index (χ1v) is 10.7. The SMILES string of the molecule is CCN1CCN(c2cc(NS(=O)(=O)Cc3ccc(Cl)cc3)ccn2)CC1. The van der Waals surface area contributed by atoms with E-state index in [2.05, 4.69) is 26.4 Å². The second-order valence-electron chi connectivity index (χ2n) is 6.31. The van der Waals surface area contributed by atoms with E-state index >= 15 is 0 Å². The van der Waals surface area contributed by atoms with Gasteiger partial charge >= 0.3 is 0 Å². The molecule has 0 bridgehead atoms. The summed E-state index contributed by atoms with van der Waals surface area (Å²) in [6, 6.07) is 10.3. The van der Waals surface area contributed by atoms with Crippen LogP contribution in [0.3, 0.4) is 0 Å². The molecule has 0 atom stereocenters. The summed E-state index contributed by atoms with van der Waals surface area (Å²) in [6.07, 6.45) is 1.64. The zero-order chi connectivity index (χ0) is 18.6. The maximum absolute atomic E-state index is 12.4. The molecule has 26 heavy (non-hydrogen) atoms. The molecule has 1 aromatic heterocycles. The molecule has 6 nitrogen and oxygen atoms in total. The Kier molecular flexibility index (Phi) is 6.01. The van der Waals surface area contributed by atoms with Crippen molar-refractivity contribution in [3.8, 4) is 0 Å². The van der Waals surface area contributed by atoms with Crippen LogP contribution in [-0.4, -0.2) is 51.0 Å². The van der Waals surface area contributed by atoms with Gasteiger partial charge in [0.15, 0.2) is 0 Å². The number of likely N-dealkylation sites (N-methyl/N-ethyl adjacent to an activating group) is 1. The van der Waals surface area contributed by atoms with Crippen molar-refractivity contribution in [2.24, 2.45) is 0 Å². The molecule has 0 aliphatic carbocycles. The third-order valence-electron chi connectivity index (χ3n) is 4.43. The predicted octanol–water partition coefficient (Wildman–Crippen LogP) is 2.82. The van der Waals surface area contributed by atoms with Crippen LogP contribution in [-0.2, 0) is 15.8 Å². The number of hydrogen-bond acceptors (Lipinski definition) is 5. The van der Waals surface area contributed by atoms with E-state index in [1.54, 1.807) is 42.6 Å². The highest BCUT2D eigenvalue weighted by molar-refractivity contribution is 7.91. The van der Waals surface area contributed by atoms with E-state index in [9.17, 15) is 8.42 Å². The summed E-state index contributed by atoms with van der Waals surface area (Å²) in [5.74, 6) is 0.698. The maximum atomic E-state index is 12.4. The largest absolute Gasteiger partial charge is 0.354 e. The van der Waals surface area contributed by atoms with Crippen LogP contribution >= 0.6 is 11.6 Å². The first-order valence-electron chi connectivity index (χ1n) is 8.63. The summed E-state index contributed by atoms with van der Waals surface area (Å²) in [4.78, 5) is 8.96. The summed E-state index contributed by atoms with van der Waals surface area (Å²) >= 11 is 5.84. The monoisotopic (exact) mass is 394 g/mol. The number of rotatable bonds is 6. The smallest absolute Gasteiger partial charge is 0.236 e.